The van der Waals surface area contributed by atoms with Gasteiger partial charge in [-0.25, -0.2) is 8.42 Å². The molecule has 0 saturated heterocycles. The van der Waals surface area contributed by atoms with Gasteiger partial charge in [-0.2, -0.15) is 13.2 Å². The maximum atomic E-state index is 11.8. The van der Waals surface area contributed by atoms with Crippen molar-refractivity contribution in [3.8, 4) is 0 Å². The van der Waals surface area contributed by atoms with Gasteiger partial charge < -0.3 is 5.73 Å². The van der Waals surface area contributed by atoms with Gasteiger partial charge in [0.25, 0.3) is 0 Å². The highest BCUT2D eigenvalue weighted by atomic mass is 32.2. The highest BCUT2D eigenvalue weighted by Crippen LogP contribution is 2.20. The molecule has 0 amide bonds. The fourth-order valence-electron chi connectivity index (χ4n) is 0.908. The van der Waals surface area contributed by atoms with E-state index in [-0.39, 0.29) is 18.2 Å². The van der Waals surface area contributed by atoms with E-state index in [4.69, 9.17) is 5.73 Å². The summed E-state index contributed by atoms with van der Waals surface area (Å²) >= 11 is 0. The molecule has 0 aromatic heterocycles. The van der Waals surface area contributed by atoms with E-state index in [9.17, 15) is 21.6 Å². The van der Waals surface area contributed by atoms with Gasteiger partial charge in [-0.1, -0.05) is 6.92 Å². The smallest absolute Gasteiger partial charge is 0.328 e. The van der Waals surface area contributed by atoms with Gasteiger partial charge in [0.1, 0.15) is 0 Å². The number of sulfone groups is 1. The average Bonchev–Trinajstić information content (AvgIpc) is 2.10. The molecule has 0 aliphatic carbocycles. The standard InChI is InChI=1S/C8H16F3NO2S/c1-2-7(12)3-5-15(13,14)6-4-8(9,10)11/h7H,2-6,12H2,1H3. The molecule has 0 aromatic rings. The van der Waals surface area contributed by atoms with E-state index in [0.717, 1.165) is 0 Å². The summed E-state index contributed by atoms with van der Waals surface area (Å²) in [6.07, 6.45) is -4.86. The topological polar surface area (TPSA) is 60.2 Å². The van der Waals surface area contributed by atoms with Gasteiger partial charge in [-0.15, -0.1) is 0 Å². The second kappa shape index (κ2) is 5.69. The van der Waals surface area contributed by atoms with E-state index >= 15 is 0 Å². The monoisotopic (exact) mass is 247 g/mol. The number of hydrogen-bond donors (Lipinski definition) is 1. The van der Waals surface area contributed by atoms with Crippen LogP contribution in [-0.2, 0) is 9.84 Å². The molecule has 0 aliphatic rings. The number of hydrogen-bond acceptors (Lipinski definition) is 3. The molecule has 0 radical (unpaired) electrons. The Morgan fingerprint density at radius 2 is 1.80 bits per heavy atom. The molecule has 7 heteroatoms. The van der Waals surface area contributed by atoms with Gasteiger partial charge in [0.2, 0.25) is 0 Å². The zero-order valence-corrected chi connectivity index (χ0v) is 9.37. The third kappa shape index (κ3) is 8.68. The van der Waals surface area contributed by atoms with Crippen LogP contribution in [0.15, 0.2) is 0 Å². The molecule has 0 spiro atoms. The minimum atomic E-state index is -4.42. The lowest BCUT2D eigenvalue weighted by Gasteiger charge is -2.10. The van der Waals surface area contributed by atoms with Crippen molar-refractivity contribution in [2.45, 2.75) is 38.4 Å². The fraction of sp³-hybridized carbons (Fsp3) is 1.00. The molecule has 0 fully saturated rings. The molecule has 3 nitrogen and oxygen atoms in total. The number of rotatable bonds is 6. The van der Waals surface area contributed by atoms with Crippen LogP contribution in [0.2, 0.25) is 0 Å². The summed E-state index contributed by atoms with van der Waals surface area (Å²) in [6, 6.07) is -0.259. The van der Waals surface area contributed by atoms with E-state index < -0.39 is 28.2 Å². The maximum absolute atomic E-state index is 11.8. The van der Waals surface area contributed by atoms with Gasteiger partial charge in [0.15, 0.2) is 9.84 Å². The number of halogens is 3. The van der Waals surface area contributed by atoms with Crippen LogP contribution >= 0.6 is 0 Å². The van der Waals surface area contributed by atoms with Crippen molar-refractivity contribution in [1.82, 2.24) is 0 Å². The molecule has 2 N–H and O–H groups in total. The second-order valence-electron chi connectivity index (χ2n) is 3.47. The summed E-state index contributed by atoms with van der Waals surface area (Å²) in [5.41, 5.74) is 5.48. The summed E-state index contributed by atoms with van der Waals surface area (Å²) in [7, 11) is -3.62. The van der Waals surface area contributed by atoms with Crippen LogP contribution in [0.3, 0.4) is 0 Å². The highest BCUT2D eigenvalue weighted by molar-refractivity contribution is 7.91. The molecule has 0 heterocycles. The zero-order chi connectivity index (χ0) is 12.1. The first-order valence-corrected chi connectivity index (χ1v) is 6.51. The first-order valence-electron chi connectivity index (χ1n) is 4.69. The summed E-state index contributed by atoms with van der Waals surface area (Å²) in [5, 5.41) is 0. The van der Waals surface area contributed by atoms with Gasteiger partial charge >= 0.3 is 6.18 Å². The fourth-order valence-corrected chi connectivity index (χ4v) is 2.32. The van der Waals surface area contributed by atoms with E-state index in [2.05, 4.69) is 0 Å². The van der Waals surface area contributed by atoms with Crippen LogP contribution in [0.1, 0.15) is 26.2 Å². The van der Waals surface area contributed by atoms with Crippen LogP contribution in [0.4, 0.5) is 13.2 Å². The molecule has 0 bridgehead atoms. The van der Waals surface area contributed by atoms with Gasteiger partial charge in [-0.05, 0) is 12.8 Å². The third-order valence-corrected chi connectivity index (χ3v) is 3.70. The Morgan fingerprint density at radius 1 is 1.27 bits per heavy atom. The molecule has 0 aliphatic heterocycles. The first-order chi connectivity index (χ1) is 6.66. The van der Waals surface area contributed by atoms with Gasteiger partial charge in [0.05, 0.1) is 17.9 Å². The lowest BCUT2D eigenvalue weighted by molar-refractivity contribution is -0.129. The summed E-state index contributed by atoms with van der Waals surface area (Å²) < 4.78 is 57.6. The summed E-state index contributed by atoms with van der Waals surface area (Å²) in [6.45, 7) is 1.80. The Morgan fingerprint density at radius 3 is 2.20 bits per heavy atom. The van der Waals surface area contributed by atoms with Crippen LogP contribution < -0.4 is 5.73 Å². The summed E-state index contributed by atoms with van der Waals surface area (Å²) in [4.78, 5) is 0. The van der Waals surface area contributed by atoms with Crippen molar-refractivity contribution in [2.75, 3.05) is 11.5 Å². The molecule has 92 valence electrons. The third-order valence-electron chi connectivity index (χ3n) is 2.02. The predicted molar refractivity (Wildman–Crippen MR) is 52.2 cm³/mol. The molecule has 0 rings (SSSR count). The highest BCUT2D eigenvalue weighted by Gasteiger charge is 2.29. The Kier molecular flexibility index (Phi) is 5.58. The molecule has 15 heavy (non-hydrogen) atoms. The Labute approximate surface area is 87.8 Å². The summed E-state index contributed by atoms with van der Waals surface area (Å²) in [5.74, 6) is -1.11. The van der Waals surface area contributed by atoms with E-state index in [1.807, 2.05) is 0 Å². The molecule has 1 unspecified atom stereocenters. The lowest BCUT2D eigenvalue weighted by Crippen LogP contribution is -2.25. The quantitative estimate of drug-likeness (QED) is 0.773. The average molecular weight is 247 g/mol. The van der Waals surface area contributed by atoms with Gasteiger partial charge in [0, 0.05) is 6.04 Å². The Bertz CT molecular complexity index is 274. The molecular formula is C8H16F3NO2S. The zero-order valence-electron chi connectivity index (χ0n) is 8.55. The van der Waals surface area contributed by atoms with E-state index in [1.165, 1.54) is 0 Å². The number of nitrogens with two attached hydrogens (primary N) is 1. The van der Waals surface area contributed by atoms with Crippen molar-refractivity contribution < 1.29 is 21.6 Å². The second-order valence-corrected chi connectivity index (χ2v) is 5.78. The normalized spacial score (nSPS) is 15.3. The van der Waals surface area contributed by atoms with Crippen molar-refractivity contribution in [3.63, 3.8) is 0 Å². The number of alkyl halides is 3. The lowest BCUT2D eigenvalue weighted by atomic mass is 10.2. The van der Waals surface area contributed by atoms with Crippen molar-refractivity contribution in [1.29, 1.82) is 0 Å². The van der Waals surface area contributed by atoms with Crippen molar-refractivity contribution in [2.24, 2.45) is 5.73 Å². The van der Waals surface area contributed by atoms with Gasteiger partial charge in [-0.3, -0.25) is 0 Å². The van der Waals surface area contributed by atoms with E-state index in [1.54, 1.807) is 6.92 Å². The minimum absolute atomic E-state index is 0.219. The predicted octanol–water partition coefficient (Wildman–Crippen LogP) is 1.48. The van der Waals surface area contributed by atoms with Crippen LogP contribution in [0.5, 0.6) is 0 Å². The van der Waals surface area contributed by atoms with Crippen LogP contribution in [0.25, 0.3) is 0 Å². The molecule has 0 saturated carbocycles. The Hall–Kier alpha value is -0.300. The molecule has 1 atom stereocenters. The van der Waals surface area contributed by atoms with E-state index in [0.29, 0.717) is 6.42 Å². The van der Waals surface area contributed by atoms with Crippen LogP contribution in [0, 0.1) is 0 Å². The SMILES string of the molecule is CCC(N)CCS(=O)(=O)CCC(F)(F)F. The van der Waals surface area contributed by atoms with Crippen molar-refractivity contribution in [3.05, 3.63) is 0 Å². The van der Waals surface area contributed by atoms with Crippen molar-refractivity contribution >= 4 is 9.84 Å². The first kappa shape index (κ1) is 14.7. The molecular weight excluding hydrogens is 231 g/mol. The largest absolute Gasteiger partial charge is 0.390 e. The minimum Gasteiger partial charge on any atom is -0.328 e. The maximum Gasteiger partial charge on any atom is 0.390 e. The van der Waals surface area contributed by atoms with Crippen LogP contribution in [-0.4, -0.2) is 32.1 Å². The molecule has 0 aromatic carbocycles. The Balaban J connectivity index is 3.99.